The fraction of sp³-hybridized carbons (Fsp3) is 0.231. The van der Waals surface area contributed by atoms with Crippen LogP contribution in [0, 0.1) is 0 Å². The predicted octanol–water partition coefficient (Wildman–Crippen LogP) is 0.940. The molecule has 0 spiro atoms. The quantitative estimate of drug-likeness (QED) is 0.848. The third-order valence-electron chi connectivity index (χ3n) is 2.65. The lowest BCUT2D eigenvalue weighted by Crippen LogP contribution is -2.25. The number of nitrogens with one attached hydrogen (secondary N) is 1. The van der Waals surface area contributed by atoms with E-state index in [-0.39, 0.29) is 19.0 Å². The molecule has 21 heavy (non-hydrogen) atoms. The number of carbonyl (C=O) groups excluding carboxylic acids is 1. The number of nitrogens with zero attached hydrogens (tertiary/aromatic N) is 3. The minimum atomic E-state index is -1.22. The minimum Gasteiger partial charge on any atom is -0.475 e. The second-order valence-electron chi connectivity index (χ2n) is 4.20. The van der Waals surface area contributed by atoms with E-state index in [0.717, 1.165) is 5.56 Å². The van der Waals surface area contributed by atoms with Crippen LogP contribution in [0.5, 0.6) is 0 Å². The number of carboxylic acids is 1. The zero-order valence-electron chi connectivity index (χ0n) is 11.3. The zero-order valence-corrected chi connectivity index (χ0v) is 11.3. The highest BCUT2D eigenvalue weighted by molar-refractivity contribution is 5.82. The molecule has 0 saturated carbocycles. The maximum absolute atomic E-state index is 11.5. The molecule has 1 aromatic heterocycles. The molecule has 0 saturated heterocycles. The number of hydrogen-bond donors (Lipinski definition) is 2. The number of alkyl carbamates (subject to hydrolysis) is 1. The van der Waals surface area contributed by atoms with Crippen molar-refractivity contribution in [2.24, 2.45) is 7.05 Å². The van der Waals surface area contributed by atoms with Gasteiger partial charge in [-0.05, 0) is 5.56 Å². The summed E-state index contributed by atoms with van der Waals surface area (Å²) in [6, 6.07) is 9.26. The Balaban J connectivity index is 1.82. The molecule has 0 fully saturated rings. The monoisotopic (exact) mass is 290 g/mol. The molecule has 0 aliphatic carbocycles. The van der Waals surface area contributed by atoms with Crippen molar-refractivity contribution in [1.82, 2.24) is 20.1 Å². The van der Waals surface area contributed by atoms with Crippen LogP contribution >= 0.6 is 0 Å². The predicted molar refractivity (Wildman–Crippen MR) is 71.4 cm³/mol. The van der Waals surface area contributed by atoms with Gasteiger partial charge in [-0.2, -0.15) is 0 Å². The molecule has 2 aromatic rings. The number of carboxylic acid groups (broad SMARTS) is 1. The molecule has 0 aliphatic rings. The van der Waals surface area contributed by atoms with Gasteiger partial charge in [0.1, 0.15) is 12.4 Å². The summed E-state index contributed by atoms with van der Waals surface area (Å²) in [5.41, 5.74) is 0.875. The van der Waals surface area contributed by atoms with Gasteiger partial charge in [0.05, 0.1) is 6.54 Å². The van der Waals surface area contributed by atoms with Crippen molar-refractivity contribution in [1.29, 1.82) is 0 Å². The topological polar surface area (TPSA) is 106 Å². The third kappa shape index (κ3) is 4.03. The van der Waals surface area contributed by atoms with E-state index in [1.807, 2.05) is 30.3 Å². The summed E-state index contributed by atoms with van der Waals surface area (Å²) in [6.45, 7) is 0.191. The van der Waals surface area contributed by atoms with Crippen LogP contribution in [0.15, 0.2) is 30.3 Å². The number of aryl methyl sites for hydroxylation is 1. The Labute approximate surface area is 120 Å². The molecular weight excluding hydrogens is 276 g/mol. The molecule has 8 heteroatoms. The fourth-order valence-corrected chi connectivity index (χ4v) is 1.59. The minimum absolute atomic E-state index is 0.0321. The molecule has 2 rings (SSSR count). The number of aromatic nitrogens is 3. The summed E-state index contributed by atoms with van der Waals surface area (Å²) in [5, 5.41) is 14.9. The lowest BCUT2D eigenvalue weighted by molar-refractivity contribution is 0.0683. The first-order valence-electron chi connectivity index (χ1n) is 6.14. The van der Waals surface area contributed by atoms with Crippen molar-refractivity contribution in [2.45, 2.75) is 13.2 Å². The van der Waals surface area contributed by atoms with E-state index >= 15 is 0 Å². The van der Waals surface area contributed by atoms with Gasteiger partial charge in [-0.3, -0.25) is 4.68 Å². The van der Waals surface area contributed by atoms with Gasteiger partial charge in [-0.15, -0.1) is 5.10 Å². The molecule has 0 bridgehead atoms. The number of rotatable bonds is 5. The number of amides is 1. The smallest absolute Gasteiger partial charge is 0.407 e. The summed E-state index contributed by atoms with van der Waals surface area (Å²) in [7, 11) is 1.55. The highest BCUT2D eigenvalue weighted by Gasteiger charge is 2.14. The van der Waals surface area contributed by atoms with Crippen LogP contribution in [-0.4, -0.2) is 31.9 Å². The Kier molecular flexibility index (Phi) is 4.50. The lowest BCUT2D eigenvalue weighted by Gasteiger charge is -2.06. The summed E-state index contributed by atoms with van der Waals surface area (Å²) in [4.78, 5) is 26.0. The van der Waals surface area contributed by atoms with Crippen LogP contribution in [0.1, 0.15) is 22.0 Å². The first kappa shape index (κ1) is 14.5. The molecule has 1 heterocycles. The van der Waals surface area contributed by atoms with Gasteiger partial charge >= 0.3 is 12.1 Å². The van der Waals surface area contributed by atoms with Gasteiger partial charge in [0.25, 0.3) is 5.82 Å². The Morgan fingerprint density at radius 1 is 1.33 bits per heavy atom. The van der Waals surface area contributed by atoms with Crippen molar-refractivity contribution >= 4 is 12.1 Å². The van der Waals surface area contributed by atoms with Crippen molar-refractivity contribution in [3.8, 4) is 0 Å². The molecular formula is C13H14N4O4. The largest absolute Gasteiger partial charge is 0.475 e. The maximum atomic E-state index is 11.5. The number of carbonyl (C=O) groups is 2. The van der Waals surface area contributed by atoms with Gasteiger partial charge in [0.15, 0.2) is 0 Å². The van der Waals surface area contributed by atoms with Gasteiger partial charge in [0, 0.05) is 7.05 Å². The van der Waals surface area contributed by atoms with E-state index in [4.69, 9.17) is 9.84 Å². The number of aromatic carboxylic acids is 1. The van der Waals surface area contributed by atoms with E-state index in [1.54, 1.807) is 7.05 Å². The molecule has 0 unspecified atom stereocenters. The van der Waals surface area contributed by atoms with Gasteiger partial charge in [-0.1, -0.05) is 30.3 Å². The van der Waals surface area contributed by atoms with Crippen LogP contribution in [0.3, 0.4) is 0 Å². The average molecular weight is 290 g/mol. The second kappa shape index (κ2) is 6.51. The summed E-state index contributed by atoms with van der Waals surface area (Å²) in [5.74, 6) is -1.21. The van der Waals surface area contributed by atoms with Crippen LogP contribution in [0.25, 0.3) is 0 Å². The Morgan fingerprint density at radius 3 is 2.67 bits per heavy atom. The van der Waals surface area contributed by atoms with Crippen molar-refractivity contribution < 1.29 is 19.4 Å². The molecule has 8 nitrogen and oxygen atoms in total. The van der Waals surface area contributed by atoms with Crippen LogP contribution in [0.4, 0.5) is 4.79 Å². The fourth-order valence-electron chi connectivity index (χ4n) is 1.59. The number of hydrogen-bond acceptors (Lipinski definition) is 5. The molecule has 110 valence electrons. The summed E-state index contributed by atoms with van der Waals surface area (Å²) >= 11 is 0. The third-order valence-corrected chi connectivity index (χ3v) is 2.65. The molecule has 1 amide bonds. The Bertz CT molecular complexity index is 639. The van der Waals surface area contributed by atoms with Crippen molar-refractivity contribution in [3.63, 3.8) is 0 Å². The standard InChI is InChI=1S/C13H14N4O4/c1-17-10(15-11(16-17)12(18)19)7-14-13(20)21-8-9-5-3-2-4-6-9/h2-6H,7-8H2,1H3,(H,14,20)(H,18,19). The van der Waals surface area contributed by atoms with Gasteiger partial charge in [0.2, 0.25) is 0 Å². The molecule has 0 aliphatic heterocycles. The Morgan fingerprint density at radius 2 is 2.05 bits per heavy atom. The van der Waals surface area contributed by atoms with E-state index < -0.39 is 12.1 Å². The number of benzene rings is 1. The lowest BCUT2D eigenvalue weighted by atomic mass is 10.2. The van der Waals surface area contributed by atoms with E-state index in [9.17, 15) is 9.59 Å². The van der Waals surface area contributed by atoms with Crippen LogP contribution < -0.4 is 5.32 Å². The highest BCUT2D eigenvalue weighted by Crippen LogP contribution is 2.01. The SMILES string of the molecule is Cn1nc(C(=O)O)nc1CNC(=O)OCc1ccccc1. The first-order chi connectivity index (χ1) is 10.1. The molecule has 0 radical (unpaired) electrons. The van der Waals surface area contributed by atoms with Crippen molar-refractivity contribution in [2.75, 3.05) is 0 Å². The average Bonchev–Trinajstić information content (AvgIpc) is 2.85. The normalized spacial score (nSPS) is 10.1. The van der Waals surface area contributed by atoms with E-state index in [2.05, 4.69) is 15.4 Å². The Hall–Kier alpha value is -2.90. The molecule has 1 aromatic carbocycles. The van der Waals surface area contributed by atoms with Crippen LogP contribution in [-0.2, 0) is 24.9 Å². The van der Waals surface area contributed by atoms with E-state index in [1.165, 1.54) is 4.68 Å². The van der Waals surface area contributed by atoms with Crippen molar-refractivity contribution in [3.05, 3.63) is 47.5 Å². The number of ether oxygens (including phenoxy) is 1. The van der Waals surface area contributed by atoms with Crippen LogP contribution in [0.2, 0.25) is 0 Å². The second-order valence-corrected chi connectivity index (χ2v) is 4.20. The molecule has 0 atom stereocenters. The molecule has 2 N–H and O–H groups in total. The summed E-state index contributed by atoms with van der Waals surface area (Å²) < 4.78 is 6.31. The summed E-state index contributed by atoms with van der Waals surface area (Å²) in [6.07, 6.45) is -0.612. The zero-order chi connectivity index (χ0) is 15.2. The van der Waals surface area contributed by atoms with E-state index in [0.29, 0.717) is 5.82 Å². The maximum Gasteiger partial charge on any atom is 0.407 e. The van der Waals surface area contributed by atoms with Gasteiger partial charge in [-0.25, -0.2) is 14.6 Å². The van der Waals surface area contributed by atoms with Gasteiger partial charge < -0.3 is 15.2 Å². The first-order valence-corrected chi connectivity index (χ1v) is 6.14. The highest BCUT2D eigenvalue weighted by atomic mass is 16.5.